The van der Waals surface area contributed by atoms with Gasteiger partial charge in [-0.3, -0.25) is 9.69 Å². The zero-order valence-corrected chi connectivity index (χ0v) is 17.0. The number of nitrogens with zero attached hydrogens (tertiary/aromatic N) is 1. The molecule has 1 atom stereocenters. The van der Waals surface area contributed by atoms with Gasteiger partial charge < -0.3 is 5.32 Å². The Kier molecular flexibility index (Phi) is 5.89. The SMILES string of the molecule is CN(CC(=O)Nc1cc(S(C)(=O)=O)ccc1Cl)[C@H]1CCCc2ccccc21. The number of rotatable bonds is 5. The number of sulfone groups is 1. The van der Waals surface area contributed by atoms with Crippen molar-refractivity contribution in [2.24, 2.45) is 0 Å². The van der Waals surface area contributed by atoms with E-state index in [1.54, 1.807) is 0 Å². The van der Waals surface area contributed by atoms with Crippen molar-refractivity contribution < 1.29 is 13.2 Å². The van der Waals surface area contributed by atoms with Crippen molar-refractivity contribution in [2.75, 3.05) is 25.2 Å². The van der Waals surface area contributed by atoms with Crippen LogP contribution in [0.4, 0.5) is 5.69 Å². The normalized spacial score (nSPS) is 16.8. The highest BCUT2D eigenvalue weighted by Gasteiger charge is 2.24. The van der Waals surface area contributed by atoms with E-state index < -0.39 is 9.84 Å². The topological polar surface area (TPSA) is 66.5 Å². The Morgan fingerprint density at radius 3 is 2.74 bits per heavy atom. The third-order valence-electron chi connectivity index (χ3n) is 4.90. The van der Waals surface area contributed by atoms with Crippen LogP contribution in [0.1, 0.15) is 30.0 Å². The van der Waals surface area contributed by atoms with Gasteiger partial charge in [0.25, 0.3) is 0 Å². The number of benzene rings is 2. The molecule has 27 heavy (non-hydrogen) atoms. The van der Waals surface area contributed by atoms with E-state index in [-0.39, 0.29) is 23.4 Å². The minimum Gasteiger partial charge on any atom is -0.324 e. The molecular weight excluding hydrogens is 384 g/mol. The summed E-state index contributed by atoms with van der Waals surface area (Å²) in [6.07, 6.45) is 4.29. The molecule has 2 aromatic carbocycles. The number of anilines is 1. The lowest BCUT2D eigenvalue weighted by Gasteiger charge is -2.32. The van der Waals surface area contributed by atoms with Crippen LogP contribution >= 0.6 is 11.6 Å². The molecule has 0 radical (unpaired) electrons. The first-order valence-electron chi connectivity index (χ1n) is 8.83. The Morgan fingerprint density at radius 2 is 2.00 bits per heavy atom. The van der Waals surface area contributed by atoms with E-state index in [1.165, 1.54) is 29.3 Å². The van der Waals surface area contributed by atoms with Gasteiger partial charge in [0.2, 0.25) is 5.91 Å². The molecule has 7 heteroatoms. The molecule has 0 aliphatic heterocycles. The van der Waals surface area contributed by atoms with Crippen molar-refractivity contribution in [2.45, 2.75) is 30.2 Å². The molecule has 0 heterocycles. The smallest absolute Gasteiger partial charge is 0.238 e. The van der Waals surface area contributed by atoms with Crippen LogP contribution in [0.2, 0.25) is 5.02 Å². The standard InChI is InChI=1S/C20H23ClN2O3S/c1-23(19-9-5-7-14-6-3-4-8-16(14)19)13-20(24)22-18-12-15(27(2,25)26)10-11-17(18)21/h3-4,6,8,10-12,19H,5,7,9,13H2,1-2H3,(H,22,24)/t19-/m0/s1. The number of amides is 1. The largest absolute Gasteiger partial charge is 0.324 e. The minimum absolute atomic E-state index is 0.122. The van der Waals surface area contributed by atoms with Gasteiger partial charge in [0, 0.05) is 12.3 Å². The number of hydrogen-bond acceptors (Lipinski definition) is 4. The molecule has 144 valence electrons. The summed E-state index contributed by atoms with van der Waals surface area (Å²) in [5, 5.41) is 3.05. The number of likely N-dealkylation sites (N-methyl/N-ethyl adjacent to an activating group) is 1. The first-order chi connectivity index (χ1) is 12.8. The second-order valence-corrected chi connectivity index (χ2v) is 9.41. The molecule has 0 bridgehead atoms. The summed E-state index contributed by atoms with van der Waals surface area (Å²) in [5.41, 5.74) is 2.92. The van der Waals surface area contributed by atoms with Gasteiger partial charge in [0.1, 0.15) is 0 Å². The number of nitrogens with one attached hydrogen (secondary N) is 1. The molecule has 0 saturated heterocycles. The van der Waals surface area contributed by atoms with Crippen LogP contribution in [0.25, 0.3) is 0 Å². The van der Waals surface area contributed by atoms with E-state index in [9.17, 15) is 13.2 Å². The summed E-state index contributed by atoms with van der Waals surface area (Å²) in [6.45, 7) is 0.193. The lowest BCUT2D eigenvalue weighted by molar-refractivity contribution is -0.117. The van der Waals surface area contributed by atoms with E-state index >= 15 is 0 Å². The highest BCUT2D eigenvalue weighted by atomic mass is 35.5. The van der Waals surface area contributed by atoms with Crippen LogP contribution in [0.3, 0.4) is 0 Å². The number of carbonyl (C=O) groups is 1. The summed E-state index contributed by atoms with van der Waals surface area (Å²) < 4.78 is 23.4. The Balaban J connectivity index is 1.72. The Hall–Kier alpha value is -1.89. The Bertz CT molecular complexity index is 959. The van der Waals surface area contributed by atoms with Crippen LogP contribution in [-0.2, 0) is 21.1 Å². The molecule has 0 saturated carbocycles. The van der Waals surface area contributed by atoms with Crippen LogP contribution in [0.15, 0.2) is 47.4 Å². The zero-order chi connectivity index (χ0) is 19.6. The van der Waals surface area contributed by atoms with Crippen molar-refractivity contribution in [1.29, 1.82) is 0 Å². The molecule has 0 fully saturated rings. The molecule has 0 unspecified atom stereocenters. The highest BCUT2D eigenvalue weighted by molar-refractivity contribution is 7.90. The molecule has 1 N–H and O–H groups in total. The number of carbonyl (C=O) groups excluding carboxylic acids is 1. The molecule has 1 aliphatic carbocycles. The predicted octanol–water partition coefficient (Wildman–Crippen LogP) is 3.69. The third-order valence-corrected chi connectivity index (χ3v) is 6.34. The van der Waals surface area contributed by atoms with Crippen LogP contribution in [-0.4, -0.2) is 39.1 Å². The third kappa shape index (κ3) is 4.69. The Labute approximate surface area is 165 Å². The number of aryl methyl sites for hydroxylation is 1. The summed E-state index contributed by atoms with van der Waals surface area (Å²) in [4.78, 5) is 14.7. The lowest BCUT2D eigenvalue weighted by atomic mass is 9.87. The fourth-order valence-electron chi connectivity index (χ4n) is 3.54. The first kappa shape index (κ1) is 19.9. The summed E-state index contributed by atoms with van der Waals surface area (Å²) in [6, 6.07) is 12.8. The van der Waals surface area contributed by atoms with Crippen molar-refractivity contribution in [3.8, 4) is 0 Å². The van der Waals surface area contributed by atoms with Crippen molar-refractivity contribution >= 4 is 33.0 Å². The monoisotopic (exact) mass is 406 g/mol. The van der Waals surface area contributed by atoms with Crippen LogP contribution < -0.4 is 5.32 Å². The van der Waals surface area contributed by atoms with E-state index in [1.807, 2.05) is 24.1 Å². The Morgan fingerprint density at radius 1 is 1.26 bits per heavy atom. The molecule has 5 nitrogen and oxygen atoms in total. The van der Waals surface area contributed by atoms with Crippen LogP contribution in [0, 0.1) is 0 Å². The van der Waals surface area contributed by atoms with E-state index in [2.05, 4.69) is 17.4 Å². The molecule has 0 spiro atoms. The number of hydrogen-bond donors (Lipinski definition) is 1. The number of fused-ring (bicyclic) bond motifs is 1. The van der Waals surface area contributed by atoms with Gasteiger partial charge in [-0.1, -0.05) is 35.9 Å². The fraction of sp³-hybridized carbons (Fsp3) is 0.350. The molecular formula is C20H23ClN2O3S. The summed E-state index contributed by atoms with van der Waals surface area (Å²) >= 11 is 6.12. The highest BCUT2D eigenvalue weighted by Crippen LogP contribution is 2.33. The van der Waals surface area contributed by atoms with Gasteiger partial charge in [-0.15, -0.1) is 0 Å². The maximum atomic E-state index is 12.5. The van der Waals surface area contributed by atoms with Crippen LogP contribution in [0.5, 0.6) is 0 Å². The maximum absolute atomic E-state index is 12.5. The summed E-state index contributed by atoms with van der Waals surface area (Å²) in [7, 11) is -1.44. The van der Waals surface area contributed by atoms with Gasteiger partial charge in [0.15, 0.2) is 9.84 Å². The van der Waals surface area contributed by atoms with E-state index in [0.29, 0.717) is 10.7 Å². The van der Waals surface area contributed by atoms with Crippen molar-refractivity contribution in [3.63, 3.8) is 0 Å². The quantitative estimate of drug-likeness (QED) is 0.822. The average molecular weight is 407 g/mol. The summed E-state index contributed by atoms with van der Waals surface area (Å²) in [5.74, 6) is -0.229. The van der Waals surface area contributed by atoms with Gasteiger partial charge in [-0.2, -0.15) is 0 Å². The van der Waals surface area contributed by atoms with Gasteiger partial charge in [-0.25, -0.2) is 8.42 Å². The lowest BCUT2D eigenvalue weighted by Crippen LogP contribution is -2.35. The molecule has 1 aliphatic rings. The number of halogens is 1. The minimum atomic E-state index is -3.37. The molecule has 3 rings (SSSR count). The van der Waals surface area contributed by atoms with E-state index in [4.69, 9.17) is 11.6 Å². The predicted molar refractivity (Wildman–Crippen MR) is 108 cm³/mol. The molecule has 0 aromatic heterocycles. The van der Waals surface area contributed by atoms with Gasteiger partial charge in [-0.05, 0) is 55.6 Å². The zero-order valence-electron chi connectivity index (χ0n) is 15.4. The fourth-order valence-corrected chi connectivity index (χ4v) is 4.36. The first-order valence-corrected chi connectivity index (χ1v) is 11.1. The van der Waals surface area contributed by atoms with Gasteiger partial charge >= 0.3 is 0 Å². The maximum Gasteiger partial charge on any atom is 0.238 e. The van der Waals surface area contributed by atoms with E-state index in [0.717, 1.165) is 25.5 Å². The second kappa shape index (κ2) is 8.00. The average Bonchev–Trinajstić information content (AvgIpc) is 2.62. The van der Waals surface area contributed by atoms with Crippen molar-refractivity contribution in [3.05, 3.63) is 58.6 Å². The van der Waals surface area contributed by atoms with Crippen molar-refractivity contribution in [1.82, 2.24) is 4.90 Å². The second-order valence-electron chi connectivity index (χ2n) is 6.98. The molecule has 1 amide bonds. The molecule has 2 aromatic rings. The van der Waals surface area contributed by atoms with Gasteiger partial charge in [0.05, 0.1) is 22.2 Å².